The SMILES string of the molecule is CCN(CC)C(CNC(=NC)NCC1CCCO1)c1ccsc1.I. The molecule has 0 radical (unpaired) electrons. The van der Waals surface area contributed by atoms with Crippen LogP contribution < -0.4 is 10.6 Å². The summed E-state index contributed by atoms with van der Waals surface area (Å²) in [5.41, 5.74) is 1.38. The first-order valence-electron chi connectivity index (χ1n) is 8.60. The van der Waals surface area contributed by atoms with Crippen LogP contribution in [0.25, 0.3) is 0 Å². The van der Waals surface area contributed by atoms with Crippen LogP contribution in [0, 0.1) is 0 Å². The van der Waals surface area contributed by atoms with Crippen LogP contribution in [0.2, 0.25) is 0 Å². The van der Waals surface area contributed by atoms with E-state index in [2.05, 4.69) is 51.2 Å². The number of hydrogen-bond acceptors (Lipinski definition) is 4. The van der Waals surface area contributed by atoms with Gasteiger partial charge in [0.25, 0.3) is 0 Å². The Balaban J connectivity index is 0.00000288. The Hall–Kier alpha value is -0.380. The Labute approximate surface area is 167 Å². The van der Waals surface area contributed by atoms with Crippen molar-refractivity contribution in [1.82, 2.24) is 15.5 Å². The summed E-state index contributed by atoms with van der Waals surface area (Å²) in [5, 5.41) is 11.3. The normalized spacial score (nSPS) is 19.2. The maximum absolute atomic E-state index is 5.65. The molecule has 0 spiro atoms. The van der Waals surface area contributed by atoms with Gasteiger partial charge in [-0.25, -0.2) is 0 Å². The molecule has 1 aliphatic heterocycles. The van der Waals surface area contributed by atoms with Crippen LogP contribution in [0.4, 0.5) is 0 Å². The van der Waals surface area contributed by atoms with Crippen LogP contribution >= 0.6 is 35.3 Å². The monoisotopic (exact) mass is 466 g/mol. The van der Waals surface area contributed by atoms with Crippen LogP contribution in [0.3, 0.4) is 0 Å². The van der Waals surface area contributed by atoms with E-state index in [0.29, 0.717) is 12.1 Å². The Morgan fingerprint density at radius 2 is 2.21 bits per heavy atom. The Bertz CT molecular complexity index is 459. The van der Waals surface area contributed by atoms with Crippen molar-refractivity contribution in [3.8, 4) is 0 Å². The molecule has 138 valence electrons. The molecule has 0 aliphatic carbocycles. The first kappa shape index (κ1) is 21.7. The molecule has 2 rings (SSSR count). The molecule has 2 N–H and O–H groups in total. The van der Waals surface area contributed by atoms with Gasteiger partial charge in [0.2, 0.25) is 0 Å². The second-order valence-corrected chi connectivity index (χ2v) is 6.54. The van der Waals surface area contributed by atoms with Gasteiger partial charge in [-0.1, -0.05) is 13.8 Å². The zero-order valence-electron chi connectivity index (χ0n) is 15.0. The summed E-state index contributed by atoms with van der Waals surface area (Å²) in [6.45, 7) is 9.08. The number of likely N-dealkylation sites (N-methyl/N-ethyl adjacent to an activating group) is 1. The average molecular weight is 466 g/mol. The van der Waals surface area contributed by atoms with Crippen molar-refractivity contribution < 1.29 is 4.74 Å². The largest absolute Gasteiger partial charge is 0.376 e. The van der Waals surface area contributed by atoms with Crippen LogP contribution in [0.1, 0.15) is 38.3 Å². The van der Waals surface area contributed by atoms with Gasteiger partial charge in [0.05, 0.1) is 12.1 Å². The molecule has 0 amide bonds. The van der Waals surface area contributed by atoms with Crippen molar-refractivity contribution in [2.24, 2.45) is 4.99 Å². The van der Waals surface area contributed by atoms with Crippen LogP contribution in [0.15, 0.2) is 21.8 Å². The highest BCUT2D eigenvalue weighted by molar-refractivity contribution is 14.0. The van der Waals surface area contributed by atoms with Gasteiger partial charge in [0.15, 0.2) is 5.96 Å². The number of ether oxygens (including phenoxy) is 1. The van der Waals surface area contributed by atoms with Crippen LogP contribution in [-0.2, 0) is 4.74 Å². The Morgan fingerprint density at radius 3 is 2.75 bits per heavy atom. The molecule has 2 atom stereocenters. The first-order chi connectivity index (χ1) is 11.3. The lowest BCUT2D eigenvalue weighted by Crippen LogP contribution is -2.45. The quantitative estimate of drug-likeness (QED) is 0.351. The fourth-order valence-electron chi connectivity index (χ4n) is 3.02. The van der Waals surface area contributed by atoms with Gasteiger partial charge in [0.1, 0.15) is 0 Å². The van der Waals surface area contributed by atoms with E-state index in [1.54, 1.807) is 11.3 Å². The van der Waals surface area contributed by atoms with Gasteiger partial charge in [-0.15, -0.1) is 24.0 Å². The third-order valence-corrected chi connectivity index (χ3v) is 5.09. The molecule has 1 aromatic rings. The summed E-state index contributed by atoms with van der Waals surface area (Å²) in [4.78, 5) is 6.81. The Kier molecular flexibility index (Phi) is 10.9. The molecule has 5 nitrogen and oxygen atoms in total. The van der Waals surface area contributed by atoms with Gasteiger partial charge in [-0.3, -0.25) is 9.89 Å². The van der Waals surface area contributed by atoms with Crippen molar-refractivity contribution in [2.45, 2.75) is 38.8 Å². The molecule has 24 heavy (non-hydrogen) atoms. The molecule has 1 aliphatic rings. The topological polar surface area (TPSA) is 48.9 Å². The van der Waals surface area contributed by atoms with Crippen molar-refractivity contribution in [2.75, 3.05) is 39.8 Å². The second-order valence-electron chi connectivity index (χ2n) is 5.76. The van der Waals surface area contributed by atoms with E-state index in [4.69, 9.17) is 4.74 Å². The van der Waals surface area contributed by atoms with E-state index in [-0.39, 0.29) is 24.0 Å². The second kappa shape index (κ2) is 12.1. The predicted octanol–water partition coefficient (Wildman–Crippen LogP) is 3.09. The Morgan fingerprint density at radius 1 is 1.42 bits per heavy atom. The zero-order chi connectivity index (χ0) is 16.5. The fraction of sp³-hybridized carbons (Fsp3) is 0.706. The molecule has 2 heterocycles. The lowest BCUT2D eigenvalue weighted by Gasteiger charge is -2.30. The van der Waals surface area contributed by atoms with E-state index in [1.165, 1.54) is 12.0 Å². The highest BCUT2D eigenvalue weighted by Gasteiger charge is 2.19. The number of aliphatic imine (C=N–C) groups is 1. The minimum absolute atomic E-state index is 0. The summed E-state index contributed by atoms with van der Waals surface area (Å²) in [5.74, 6) is 0.855. The fourth-order valence-corrected chi connectivity index (χ4v) is 3.72. The predicted molar refractivity (Wildman–Crippen MR) is 114 cm³/mol. The van der Waals surface area contributed by atoms with E-state index in [9.17, 15) is 0 Å². The van der Waals surface area contributed by atoms with Crippen LogP contribution in [-0.4, -0.2) is 56.8 Å². The van der Waals surface area contributed by atoms with E-state index in [1.807, 2.05) is 7.05 Å². The molecular weight excluding hydrogens is 435 g/mol. The van der Waals surface area contributed by atoms with Crippen molar-refractivity contribution in [1.29, 1.82) is 0 Å². The lowest BCUT2D eigenvalue weighted by atomic mass is 10.1. The van der Waals surface area contributed by atoms with E-state index < -0.39 is 0 Å². The smallest absolute Gasteiger partial charge is 0.191 e. The molecule has 0 saturated carbocycles. The lowest BCUT2D eigenvalue weighted by molar-refractivity contribution is 0.113. The number of nitrogens with zero attached hydrogens (tertiary/aromatic N) is 2. The molecule has 1 fully saturated rings. The molecule has 0 aromatic carbocycles. The number of hydrogen-bond donors (Lipinski definition) is 2. The minimum Gasteiger partial charge on any atom is -0.376 e. The standard InChI is InChI=1S/C17H30N4OS.HI/c1-4-21(5-2)16(14-8-10-23-13-14)12-20-17(18-3)19-11-15-7-6-9-22-15;/h8,10,13,15-16H,4-7,9,11-12H2,1-3H3,(H2,18,19,20);1H. The van der Waals surface area contributed by atoms with Crippen molar-refractivity contribution in [3.63, 3.8) is 0 Å². The average Bonchev–Trinajstić information content (AvgIpc) is 3.27. The van der Waals surface area contributed by atoms with E-state index >= 15 is 0 Å². The summed E-state index contributed by atoms with van der Waals surface area (Å²) in [6.07, 6.45) is 2.63. The molecule has 2 unspecified atom stereocenters. The van der Waals surface area contributed by atoms with Crippen molar-refractivity contribution in [3.05, 3.63) is 22.4 Å². The number of guanidine groups is 1. The maximum Gasteiger partial charge on any atom is 0.191 e. The highest BCUT2D eigenvalue weighted by Crippen LogP contribution is 2.22. The summed E-state index contributed by atoms with van der Waals surface area (Å²) in [7, 11) is 1.82. The van der Waals surface area contributed by atoms with Gasteiger partial charge in [0, 0.05) is 26.7 Å². The molecule has 7 heteroatoms. The van der Waals surface area contributed by atoms with Gasteiger partial charge < -0.3 is 15.4 Å². The molecular formula is C17H31IN4OS. The third kappa shape index (κ3) is 6.50. The molecule has 1 aromatic heterocycles. The number of rotatable bonds is 8. The van der Waals surface area contributed by atoms with Crippen molar-refractivity contribution >= 4 is 41.3 Å². The zero-order valence-corrected chi connectivity index (χ0v) is 18.1. The highest BCUT2D eigenvalue weighted by atomic mass is 127. The van der Waals surface area contributed by atoms with E-state index in [0.717, 1.165) is 45.2 Å². The maximum atomic E-state index is 5.65. The summed E-state index contributed by atoms with van der Waals surface area (Å²) >= 11 is 1.76. The molecule has 1 saturated heterocycles. The van der Waals surface area contributed by atoms with Gasteiger partial charge >= 0.3 is 0 Å². The van der Waals surface area contributed by atoms with Gasteiger partial charge in [-0.05, 0) is 48.3 Å². The summed E-state index contributed by atoms with van der Waals surface area (Å²) < 4.78 is 5.65. The number of thiophene rings is 1. The number of halogens is 1. The molecule has 0 bridgehead atoms. The summed E-state index contributed by atoms with van der Waals surface area (Å²) in [6, 6.07) is 2.59. The minimum atomic E-state index is 0. The third-order valence-electron chi connectivity index (χ3n) is 4.39. The van der Waals surface area contributed by atoms with Crippen LogP contribution in [0.5, 0.6) is 0 Å². The first-order valence-corrected chi connectivity index (χ1v) is 9.55. The number of nitrogens with one attached hydrogen (secondary N) is 2. The van der Waals surface area contributed by atoms with Gasteiger partial charge in [-0.2, -0.15) is 11.3 Å².